The third-order valence-electron chi connectivity index (χ3n) is 3.59. The highest BCUT2D eigenvalue weighted by Crippen LogP contribution is 2.30. The van der Waals surface area contributed by atoms with Gasteiger partial charge in [-0.2, -0.15) is 0 Å². The molecule has 0 amide bonds. The zero-order valence-electron chi connectivity index (χ0n) is 11.2. The lowest BCUT2D eigenvalue weighted by molar-refractivity contribution is 0.222. The van der Waals surface area contributed by atoms with E-state index in [4.69, 9.17) is 0 Å². The number of aliphatic hydroxyl groups is 1. The molecule has 0 bridgehead atoms. The van der Waals surface area contributed by atoms with Crippen molar-refractivity contribution in [2.45, 2.75) is 13.0 Å². The van der Waals surface area contributed by atoms with E-state index in [0.29, 0.717) is 5.39 Å². The Balaban J connectivity index is 2.14. The number of fused-ring (bicyclic) bond motifs is 1. The summed E-state index contributed by atoms with van der Waals surface area (Å²) in [4.78, 5) is 0. The summed E-state index contributed by atoms with van der Waals surface area (Å²) in [6.45, 7) is 2.00. The topological polar surface area (TPSA) is 20.2 Å². The molecule has 0 radical (unpaired) electrons. The first kappa shape index (κ1) is 12.8. The van der Waals surface area contributed by atoms with E-state index in [1.54, 1.807) is 18.2 Å². The van der Waals surface area contributed by atoms with Gasteiger partial charge in [0.1, 0.15) is 11.9 Å². The number of rotatable bonds is 2. The van der Waals surface area contributed by atoms with Gasteiger partial charge in [-0.15, -0.1) is 0 Å². The van der Waals surface area contributed by atoms with Crippen molar-refractivity contribution in [1.82, 2.24) is 0 Å². The SMILES string of the molecule is Cc1ccc(C(O)c2ccc(F)c3ccccc23)cc1. The second kappa shape index (κ2) is 5.06. The van der Waals surface area contributed by atoms with Gasteiger partial charge in [-0.25, -0.2) is 4.39 Å². The largest absolute Gasteiger partial charge is 0.384 e. The van der Waals surface area contributed by atoms with Crippen LogP contribution >= 0.6 is 0 Å². The van der Waals surface area contributed by atoms with Crippen molar-refractivity contribution >= 4 is 10.8 Å². The lowest BCUT2D eigenvalue weighted by atomic mass is 9.95. The number of benzene rings is 3. The Morgan fingerprint density at radius 3 is 2.20 bits per heavy atom. The molecular weight excluding hydrogens is 251 g/mol. The molecule has 0 aliphatic heterocycles. The number of hydrogen-bond donors (Lipinski definition) is 1. The van der Waals surface area contributed by atoms with E-state index >= 15 is 0 Å². The highest BCUT2D eigenvalue weighted by atomic mass is 19.1. The molecule has 0 aliphatic rings. The molecule has 1 N–H and O–H groups in total. The second-order valence-corrected chi connectivity index (χ2v) is 5.00. The zero-order chi connectivity index (χ0) is 14.1. The van der Waals surface area contributed by atoms with E-state index in [9.17, 15) is 9.50 Å². The smallest absolute Gasteiger partial charge is 0.131 e. The minimum atomic E-state index is -0.749. The van der Waals surface area contributed by atoms with Crippen molar-refractivity contribution in [3.63, 3.8) is 0 Å². The summed E-state index contributed by atoms with van der Waals surface area (Å²) < 4.78 is 13.8. The van der Waals surface area contributed by atoms with Crippen molar-refractivity contribution < 1.29 is 9.50 Å². The van der Waals surface area contributed by atoms with E-state index in [1.165, 1.54) is 6.07 Å². The third kappa shape index (κ3) is 2.19. The molecule has 0 aliphatic carbocycles. The van der Waals surface area contributed by atoms with Gasteiger partial charge >= 0.3 is 0 Å². The van der Waals surface area contributed by atoms with Gasteiger partial charge in [-0.1, -0.05) is 60.2 Å². The second-order valence-electron chi connectivity index (χ2n) is 5.00. The molecule has 3 aromatic rings. The van der Waals surface area contributed by atoms with Gasteiger partial charge < -0.3 is 5.11 Å². The summed E-state index contributed by atoms with van der Waals surface area (Å²) in [5.41, 5.74) is 2.68. The number of aryl methyl sites for hydroxylation is 1. The average molecular weight is 266 g/mol. The highest BCUT2D eigenvalue weighted by Gasteiger charge is 2.14. The van der Waals surface area contributed by atoms with Crippen molar-refractivity contribution in [2.24, 2.45) is 0 Å². The van der Waals surface area contributed by atoms with Gasteiger partial charge in [0.2, 0.25) is 0 Å². The number of halogens is 1. The van der Waals surface area contributed by atoms with E-state index in [-0.39, 0.29) is 5.82 Å². The molecule has 0 saturated heterocycles. The minimum absolute atomic E-state index is 0.263. The quantitative estimate of drug-likeness (QED) is 0.730. The van der Waals surface area contributed by atoms with Gasteiger partial charge in [0.25, 0.3) is 0 Å². The van der Waals surface area contributed by atoms with Gasteiger partial charge in [0.05, 0.1) is 0 Å². The van der Waals surface area contributed by atoms with Gasteiger partial charge in [-0.3, -0.25) is 0 Å². The van der Waals surface area contributed by atoms with Crippen LogP contribution in [0, 0.1) is 12.7 Å². The molecule has 3 rings (SSSR count). The van der Waals surface area contributed by atoms with Crippen LogP contribution in [0.2, 0.25) is 0 Å². The zero-order valence-corrected chi connectivity index (χ0v) is 11.2. The molecule has 0 aromatic heterocycles. The summed E-state index contributed by atoms with van der Waals surface area (Å²) in [6, 6.07) is 18.0. The molecule has 2 heteroatoms. The molecule has 0 heterocycles. The average Bonchev–Trinajstić information content (AvgIpc) is 2.48. The molecule has 0 saturated carbocycles. The van der Waals surface area contributed by atoms with Crippen molar-refractivity contribution in [3.8, 4) is 0 Å². The summed E-state index contributed by atoms with van der Waals surface area (Å²) >= 11 is 0. The van der Waals surface area contributed by atoms with Crippen molar-refractivity contribution in [1.29, 1.82) is 0 Å². The fourth-order valence-electron chi connectivity index (χ4n) is 2.45. The Labute approximate surface area is 117 Å². The normalized spacial score (nSPS) is 12.6. The molecule has 0 fully saturated rings. The molecule has 1 atom stereocenters. The number of aliphatic hydroxyl groups excluding tert-OH is 1. The van der Waals surface area contributed by atoms with Crippen LogP contribution in [0.4, 0.5) is 4.39 Å². The molecule has 3 aromatic carbocycles. The predicted molar refractivity (Wildman–Crippen MR) is 79.1 cm³/mol. The summed E-state index contributed by atoms with van der Waals surface area (Å²) in [5.74, 6) is -0.263. The molecule has 0 spiro atoms. The van der Waals surface area contributed by atoms with Crippen LogP contribution in [0.3, 0.4) is 0 Å². The Kier molecular flexibility index (Phi) is 3.25. The van der Waals surface area contributed by atoms with E-state index in [1.807, 2.05) is 43.3 Å². The van der Waals surface area contributed by atoms with Crippen LogP contribution in [-0.2, 0) is 0 Å². The fraction of sp³-hybridized carbons (Fsp3) is 0.111. The third-order valence-corrected chi connectivity index (χ3v) is 3.59. The van der Waals surface area contributed by atoms with Crippen molar-refractivity contribution in [3.05, 3.63) is 83.2 Å². The minimum Gasteiger partial charge on any atom is -0.384 e. The Morgan fingerprint density at radius 2 is 1.50 bits per heavy atom. The molecule has 20 heavy (non-hydrogen) atoms. The Morgan fingerprint density at radius 1 is 0.850 bits per heavy atom. The first-order chi connectivity index (χ1) is 9.66. The monoisotopic (exact) mass is 266 g/mol. The summed E-state index contributed by atoms with van der Waals surface area (Å²) in [5, 5.41) is 11.8. The lowest BCUT2D eigenvalue weighted by Crippen LogP contribution is -2.01. The van der Waals surface area contributed by atoms with Gasteiger partial charge in [0.15, 0.2) is 0 Å². The predicted octanol–water partition coefficient (Wildman–Crippen LogP) is 4.37. The van der Waals surface area contributed by atoms with Crippen LogP contribution in [0.15, 0.2) is 60.7 Å². The Bertz CT molecular complexity index is 747. The maximum atomic E-state index is 13.8. The first-order valence-electron chi connectivity index (χ1n) is 6.58. The van der Waals surface area contributed by atoms with E-state index < -0.39 is 6.10 Å². The molecule has 1 nitrogen and oxygen atoms in total. The molecule has 100 valence electrons. The van der Waals surface area contributed by atoms with Gasteiger partial charge in [0, 0.05) is 5.39 Å². The summed E-state index contributed by atoms with van der Waals surface area (Å²) in [7, 11) is 0. The van der Waals surface area contributed by atoms with Crippen LogP contribution in [0.25, 0.3) is 10.8 Å². The van der Waals surface area contributed by atoms with Crippen molar-refractivity contribution in [2.75, 3.05) is 0 Å². The van der Waals surface area contributed by atoms with E-state index in [2.05, 4.69) is 0 Å². The van der Waals surface area contributed by atoms with Crippen LogP contribution in [0.1, 0.15) is 22.8 Å². The van der Waals surface area contributed by atoms with E-state index in [0.717, 1.165) is 22.1 Å². The lowest BCUT2D eigenvalue weighted by Gasteiger charge is -2.15. The summed E-state index contributed by atoms with van der Waals surface area (Å²) in [6.07, 6.45) is -0.749. The van der Waals surface area contributed by atoms with Crippen LogP contribution in [-0.4, -0.2) is 5.11 Å². The number of hydrogen-bond acceptors (Lipinski definition) is 1. The van der Waals surface area contributed by atoms with Crippen LogP contribution in [0.5, 0.6) is 0 Å². The maximum absolute atomic E-state index is 13.8. The molecule has 1 unspecified atom stereocenters. The Hall–Kier alpha value is -2.19. The van der Waals surface area contributed by atoms with Crippen LogP contribution < -0.4 is 0 Å². The highest BCUT2D eigenvalue weighted by molar-refractivity contribution is 5.86. The standard InChI is InChI=1S/C18H15FO/c1-12-6-8-13(9-7-12)18(20)16-10-11-17(19)15-5-3-2-4-14(15)16/h2-11,18,20H,1H3. The fourth-order valence-corrected chi connectivity index (χ4v) is 2.45. The van der Waals surface area contributed by atoms with Gasteiger partial charge in [-0.05, 0) is 29.5 Å². The molecular formula is C18H15FO. The first-order valence-corrected chi connectivity index (χ1v) is 6.58. The maximum Gasteiger partial charge on any atom is 0.131 e.